The fourth-order valence-electron chi connectivity index (χ4n) is 4.75. The molecule has 2 aliphatic heterocycles. The number of rotatable bonds is 15. The molecule has 0 amide bonds. The highest BCUT2D eigenvalue weighted by atomic mass is 31.2. The minimum absolute atomic E-state index is 0.0788. The number of carbonyl (C=O) groups excluding carboxylic acids is 3. The molecular formula is C25H49O20P5. The van der Waals surface area contributed by atoms with Crippen LogP contribution in [0.15, 0.2) is 0 Å². The van der Waals surface area contributed by atoms with Crippen LogP contribution in [-0.4, -0.2) is 145 Å². The lowest BCUT2D eigenvalue weighted by Gasteiger charge is -2.39. The van der Waals surface area contributed by atoms with Crippen LogP contribution < -0.4 is 0 Å². The van der Waals surface area contributed by atoms with Gasteiger partial charge >= 0.3 is 32.3 Å². The van der Waals surface area contributed by atoms with E-state index in [1.807, 2.05) is 0 Å². The van der Waals surface area contributed by atoms with Crippen LogP contribution in [-0.2, 0) is 46.4 Å². The Morgan fingerprint density at radius 1 is 0.600 bits per heavy atom. The Hall–Kier alpha value is -0.320. The zero-order valence-corrected chi connectivity index (χ0v) is 33.2. The summed E-state index contributed by atoms with van der Waals surface area (Å²) in [5, 5.41) is 58.7. The Balaban J connectivity index is 0.000000515. The van der Waals surface area contributed by atoms with E-state index < -0.39 is 112 Å². The third-order valence-corrected chi connectivity index (χ3v) is 11.0. The van der Waals surface area contributed by atoms with Crippen molar-refractivity contribution in [3.05, 3.63) is 0 Å². The predicted molar refractivity (Wildman–Crippen MR) is 181 cm³/mol. The van der Waals surface area contributed by atoms with Crippen molar-refractivity contribution in [2.45, 2.75) is 127 Å². The van der Waals surface area contributed by atoms with E-state index in [-0.39, 0.29) is 25.2 Å². The lowest BCUT2D eigenvalue weighted by atomic mass is 9.94. The highest BCUT2D eigenvalue weighted by molar-refractivity contribution is 7.54. The molecule has 0 aromatic carbocycles. The normalized spacial score (nSPS) is 34.0. The number of aliphatic hydroxyl groups is 6. The fourth-order valence-corrected chi connectivity index (χ4v) is 8.34. The molecule has 20 nitrogen and oxygen atoms in total. The van der Waals surface area contributed by atoms with Crippen LogP contribution in [0.2, 0.25) is 0 Å². The fraction of sp³-hybridized carbons (Fsp3) is 0.880. The van der Waals surface area contributed by atoms with E-state index in [1.165, 1.54) is 34.6 Å². The van der Waals surface area contributed by atoms with E-state index in [2.05, 4.69) is 4.74 Å². The van der Waals surface area contributed by atoms with Gasteiger partial charge in [-0.3, -0.25) is 22.7 Å². The first kappa shape index (κ1) is 47.7. The Morgan fingerprint density at radius 2 is 0.920 bits per heavy atom. The van der Waals surface area contributed by atoms with Gasteiger partial charge in [0.2, 0.25) is 18.9 Å². The molecule has 2 heterocycles. The summed E-state index contributed by atoms with van der Waals surface area (Å²) in [5.41, 5.74) is -2.23. The molecule has 7 N–H and O–H groups in total. The highest BCUT2D eigenvalue weighted by Crippen LogP contribution is 2.52. The third-order valence-electron chi connectivity index (χ3n) is 7.06. The molecule has 0 saturated carbocycles. The number of hydrogen-bond acceptors (Lipinski definition) is 19. The van der Waals surface area contributed by atoms with Gasteiger partial charge in [-0.2, -0.15) is 0 Å². The Morgan fingerprint density at radius 3 is 1.26 bits per heavy atom. The van der Waals surface area contributed by atoms with E-state index in [0.29, 0.717) is 0 Å². The summed E-state index contributed by atoms with van der Waals surface area (Å²) in [7, 11) is -2.80. The molecule has 0 aliphatic carbocycles. The Labute approximate surface area is 295 Å². The quantitative estimate of drug-likeness (QED) is 0.0688. The monoisotopic (exact) mass is 824 g/mol. The van der Waals surface area contributed by atoms with Gasteiger partial charge in [-0.25, -0.2) is 14.4 Å². The number of ether oxygens (including phenoxy) is 5. The molecule has 0 bridgehead atoms. The van der Waals surface area contributed by atoms with Crippen molar-refractivity contribution in [3.8, 4) is 0 Å². The minimum atomic E-state index is -4.07. The molecule has 25 heteroatoms. The first-order valence-electron chi connectivity index (χ1n) is 15.1. The molecule has 2 saturated heterocycles. The van der Waals surface area contributed by atoms with Crippen LogP contribution in [0.4, 0.5) is 14.4 Å². The zero-order valence-electron chi connectivity index (χ0n) is 27.9. The van der Waals surface area contributed by atoms with Crippen molar-refractivity contribution in [1.82, 2.24) is 0 Å². The van der Waals surface area contributed by atoms with Crippen molar-refractivity contribution < 1.29 is 96.3 Å². The van der Waals surface area contributed by atoms with Gasteiger partial charge in [0.1, 0.15) is 36.6 Å². The number of hydrogen-bond donors (Lipinski definition) is 7. The molecular weight excluding hydrogens is 775 g/mol. The molecule has 0 aromatic rings. The van der Waals surface area contributed by atoms with Gasteiger partial charge in [0.05, 0.1) is 36.7 Å². The average Bonchev–Trinajstić information content (AvgIpc) is 2.95. The molecule has 2 rings (SSSR count). The summed E-state index contributed by atoms with van der Waals surface area (Å²) >= 11 is 0. The maximum atomic E-state index is 13.1. The highest BCUT2D eigenvalue weighted by Gasteiger charge is 2.44. The summed E-state index contributed by atoms with van der Waals surface area (Å²) in [6.07, 6.45) is -16.1. The van der Waals surface area contributed by atoms with Gasteiger partial charge in [0.25, 0.3) is 0 Å². The standard InChI is InChI=1S/C14H27O11P3.C11H22O9P2/c1-6-10(15)12(17)11(16)9(21-6)4-5-28(20,24-7(2)22-13(18)26)25-8(3)23-14(19)27;1-5-8(12)10(14)9(13)7(18-5)3-4-22(16,17)20-6(2)19-11(15)21/h6-12,15-17H,4-5,26-27H2,1-3H3;5-10,12-14H,3-4,21H2,1-2H3,(H,16,17)/t6-,7?,8?,9-,10-,11-,12-,28?;5-,6?,7-,8-,9-,10-/m11/s1. The Kier molecular flexibility index (Phi) is 20.5. The van der Waals surface area contributed by atoms with Crippen LogP contribution in [0, 0.1) is 0 Å². The molecule has 7 unspecified atom stereocenters. The van der Waals surface area contributed by atoms with Crippen LogP contribution in [0.1, 0.15) is 47.5 Å². The van der Waals surface area contributed by atoms with Crippen molar-refractivity contribution in [3.63, 3.8) is 0 Å². The second-order valence-corrected chi connectivity index (χ2v) is 16.7. The van der Waals surface area contributed by atoms with Gasteiger partial charge in [-0.05, 0) is 75.2 Å². The van der Waals surface area contributed by atoms with Gasteiger partial charge < -0.3 is 59.2 Å². The molecule has 50 heavy (non-hydrogen) atoms. The third kappa shape index (κ3) is 16.8. The molecule has 2 aliphatic rings. The van der Waals surface area contributed by atoms with Gasteiger partial charge in [0.15, 0.2) is 0 Å². The number of aliphatic hydroxyl groups excluding tert-OH is 6. The van der Waals surface area contributed by atoms with Gasteiger partial charge in [0, 0.05) is 0 Å². The second-order valence-electron chi connectivity index (χ2n) is 11.3. The van der Waals surface area contributed by atoms with E-state index in [0.717, 1.165) is 0 Å². The summed E-state index contributed by atoms with van der Waals surface area (Å²) < 4.78 is 65.0. The van der Waals surface area contributed by atoms with Crippen molar-refractivity contribution in [2.75, 3.05) is 12.3 Å². The molecule has 0 aromatic heterocycles. The topological polar surface area (TPSA) is 301 Å². The van der Waals surface area contributed by atoms with E-state index in [9.17, 15) is 59.0 Å². The van der Waals surface area contributed by atoms with Gasteiger partial charge in [-0.1, -0.05) is 0 Å². The second kappa shape index (κ2) is 21.5. The Bertz CT molecular complexity index is 1170. The van der Waals surface area contributed by atoms with E-state index in [1.54, 1.807) is 27.7 Å². The summed E-state index contributed by atoms with van der Waals surface area (Å²) in [6.45, 7) is 6.96. The van der Waals surface area contributed by atoms with Crippen LogP contribution in [0.5, 0.6) is 0 Å². The molecule has 0 spiro atoms. The number of carbonyl (C=O) groups is 3. The molecule has 294 valence electrons. The smallest absolute Gasteiger partial charge is 0.336 e. The van der Waals surface area contributed by atoms with Crippen LogP contribution in [0.25, 0.3) is 0 Å². The average molecular weight is 825 g/mol. The molecule has 17 atom stereocenters. The molecule has 0 radical (unpaired) electrons. The van der Waals surface area contributed by atoms with Crippen LogP contribution in [0.3, 0.4) is 0 Å². The summed E-state index contributed by atoms with van der Waals surface area (Å²) in [4.78, 5) is 42.4. The van der Waals surface area contributed by atoms with Crippen molar-refractivity contribution in [2.24, 2.45) is 0 Å². The van der Waals surface area contributed by atoms with Crippen molar-refractivity contribution in [1.29, 1.82) is 0 Å². The first-order valence-corrected chi connectivity index (χ1v) is 20.3. The minimum Gasteiger partial charge on any atom is -0.433 e. The first-order chi connectivity index (χ1) is 22.9. The largest absolute Gasteiger partial charge is 0.433 e. The zero-order chi connectivity index (χ0) is 38.7. The maximum Gasteiger partial charge on any atom is 0.336 e. The lowest BCUT2D eigenvalue weighted by molar-refractivity contribution is -0.217. The summed E-state index contributed by atoms with van der Waals surface area (Å²) in [6, 6.07) is 0. The van der Waals surface area contributed by atoms with E-state index >= 15 is 0 Å². The van der Waals surface area contributed by atoms with Crippen molar-refractivity contribution >= 4 is 60.0 Å². The van der Waals surface area contributed by atoms with E-state index in [4.69, 9.17) is 32.5 Å². The predicted octanol–water partition coefficient (Wildman–Crippen LogP) is 0.994. The SMILES string of the molecule is CC(OC(=O)P)OP(=O)(CC[C@H]1O[C@H](C)[C@@H](O)[C@@H](O)[C@@H]1O)OC(C)OC(=O)P.CC(OC(=O)P)OP(=O)(O)CC[C@H]1O[C@H](C)[C@@H](O)[C@@H](O)[C@@H]1O. The van der Waals surface area contributed by atoms with Gasteiger partial charge in [-0.15, -0.1) is 0 Å². The lowest BCUT2D eigenvalue weighted by Crippen LogP contribution is -2.56. The molecule has 2 fully saturated rings. The van der Waals surface area contributed by atoms with Crippen LogP contribution >= 0.6 is 42.9 Å². The maximum absolute atomic E-state index is 13.1. The summed E-state index contributed by atoms with van der Waals surface area (Å²) in [5.74, 6) is 0.